The highest BCUT2D eigenvalue weighted by Gasteiger charge is 2.18. The molecule has 112 valence electrons. The monoisotopic (exact) mass is 342 g/mol. The molecule has 0 bridgehead atoms. The van der Waals surface area contributed by atoms with Crippen molar-refractivity contribution in [1.82, 2.24) is 5.43 Å². The Morgan fingerprint density at radius 2 is 2.40 bits per heavy atom. The summed E-state index contributed by atoms with van der Waals surface area (Å²) < 4.78 is 12.0. The highest BCUT2D eigenvalue weighted by molar-refractivity contribution is 9.10. The van der Waals surface area contributed by atoms with Gasteiger partial charge >= 0.3 is 0 Å². The molecule has 1 aromatic rings. The highest BCUT2D eigenvalue weighted by Crippen LogP contribution is 2.25. The second-order valence-electron chi connectivity index (χ2n) is 5.24. The van der Waals surface area contributed by atoms with Crippen molar-refractivity contribution in [1.29, 1.82) is 0 Å². The molecule has 0 amide bonds. The van der Waals surface area contributed by atoms with Crippen LogP contribution in [0.15, 0.2) is 22.7 Å². The predicted molar refractivity (Wildman–Crippen MR) is 83.7 cm³/mol. The zero-order chi connectivity index (χ0) is 14.4. The van der Waals surface area contributed by atoms with E-state index in [2.05, 4.69) is 27.4 Å². The Bertz CT molecular complexity index is 422. The van der Waals surface area contributed by atoms with Gasteiger partial charge < -0.3 is 9.47 Å². The number of nitrogens with two attached hydrogens (primary N) is 1. The van der Waals surface area contributed by atoms with Crippen molar-refractivity contribution in [3.63, 3.8) is 0 Å². The van der Waals surface area contributed by atoms with E-state index < -0.39 is 0 Å². The molecule has 1 aliphatic heterocycles. The Labute approximate surface area is 129 Å². The summed E-state index contributed by atoms with van der Waals surface area (Å²) in [4.78, 5) is 0. The number of hydrazine groups is 1. The predicted octanol–water partition coefficient (Wildman–Crippen LogP) is 2.79. The van der Waals surface area contributed by atoms with E-state index >= 15 is 0 Å². The first-order chi connectivity index (χ1) is 9.72. The largest absolute Gasteiger partial charge is 0.497 e. The topological polar surface area (TPSA) is 56.5 Å². The quantitative estimate of drug-likeness (QED) is 0.590. The molecule has 5 heteroatoms. The molecule has 20 heavy (non-hydrogen) atoms. The number of hydrogen-bond acceptors (Lipinski definition) is 4. The van der Waals surface area contributed by atoms with E-state index in [0.717, 1.165) is 36.1 Å². The fourth-order valence-corrected chi connectivity index (χ4v) is 3.01. The third-order valence-electron chi connectivity index (χ3n) is 3.82. The van der Waals surface area contributed by atoms with Gasteiger partial charge in [-0.2, -0.15) is 0 Å². The first-order valence-corrected chi connectivity index (χ1v) is 7.92. The lowest BCUT2D eigenvalue weighted by Crippen LogP contribution is -2.37. The van der Waals surface area contributed by atoms with Crippen LogP contribution in [0.2, 0.25) is 0 Å². The van der Waals surface area contributed by atoms with Gasteiger partial charge in [-0.25, -0.2) is 0 Å². The minimum Gasteiger partial charge on any atom is -0.497 e. The molecule has 1 fully saturated rings. The van der Waals surface area contributed by atoms with Crippen LogP contribution >= 0.6 is 15.9 Å². The summed E-state index contributed by atoms with van der Waals surface area (Å²) in [7, 11) is 1.68. The molecule has 0 radical (unpaired) electrons. The molecular formula is C15H23BrN2O2. The van der Waals surface area contributed by atoms with Gasteiger partial charge in [-0.3, -0.25) is 11.3 Å². The first kappa shape index (κ1) is 15.8. The van der Waals surface area contributed by atoms with Crippen LogP contribution in [0.25, 0.3) is 0 Å². The van der Waals surface area contributed by atoms with Gasteiger partial charge in [0.05, 0.1) is 13.2 Å². The van der Waals surface area contributed by atoms with Crippen molar-refractivity contribution >= 4 is 15.9 Å². The van der Waals surface area contributed by atoms with Crippen molar-refractivity contribution in [3.8, 4) is 5.75 Å². The lowest BCUT2D eigenvalue weighted by Gasteiger charge is -2.19. The van der Waals surface area contributed by atoms with E-state index in [1.54, 1.807) is 7.11 Å². The molecule has 0 spiro atoms. The van der Waals surface area contributed by atoms with Gasteiger partial charge in [-0.1, -0.05) is 15.9 Å². The maximum absolute atomic E-state index is 5.69. The van der Waals surface area contributed by atoms with Gasteiger partial charge in [-0.15, -0.1) is 0 Å². The van der Waals surface area contributed by atoms with Gasteiger partial charge in [0.1, 0.15) is 5.75 Å². The molecule has 4 nitrogen and oxygen atoms in total. The summed E-state index contributed by atoms with van der Waals surface area (Å²) in [5.41, 5.74) is 4.13. The molecular weight excluding hydrogens is 320 g/mol. The Morgan fingerprint density at radius 1 is 1.55 bits per heavy atom. The normalized spacial score (nSPS) is 20.1. The summed E-state index contributed by atoms with van der Waals surface area (Å²) in [6.45, 7) is 0.910. The smallest absolute Gasteiger partial charge is 0.119 e. The molecule has 0 saturated carbocycles. The number of nitrogens with one attached hydrogen (secondary N) is 1. The average Bonchev–Trinajstić information content (AvgIpc) is 2.98. The summed E-state index contributed by atoms with van der Waals surface area (Å²) >= 11 is 3.59. The maximum Gasteiger partial charge on any atom is 0.119 e. The number of hydrogen-bond donors (Lipinski definition) is 2. The van der Waals surface area contributed by atoms with Crippen LogP contribution in [0.3, 0.4) is 0 Å². The third-order valence-corrected chi connectivity index (χ3v) is 4.59. The Kier molecular flexibility index (Phi) is 6.29. The van der Waals surface area contributed by atoms with Gasteiger partial charge in [0.15, 0.2) is 0 Å². The fourth-order valence-electron chi connectivity index (χ4n) is 2.60. The Balaban J connectivity index is 1.91. The van der Waals surface area contributed by atoms with Crippen LogP contribution in [0.5, 0.6) is 5.75 Å². The van der Waals surface area contributed by atoms with Gasteiger partial charge in [0.25, 0.3) is 0 Å². The number of ether oxygens (including phenoxy) is 2. The van der Waals surface area contributed by atoms with Crippen molar-refractivity contribution in [2.24, 2.45) is 5.84 Å². The van der Waals surface area contributed by atoms with Crippen molar-refractivity contribution in [2.45, 2.75) is 44.2 Å². The summed E-state index contributed by atoms with van der Waals surface area (Å²) in [5, 5.41) is 0. The van der Waals surface area contributed by atoms with E-state index in [0.29, 0.717) is 6.10 Å². The van der Waals surface area contributed by atoms with Crippen molar-refractivity contribution in [3.05, 3.63) is 28.2 Å². The van der Waals surface area contributed by atoms with Crippen LogP contribution in [0.4, 0.5) is 0 Å². The zero-order valence-corrected chi connectivity index (χ0v) is 13.5. The van der Waals surface area contributed by atoms with Crippen LogP contribution < -0.4 is 16.0 Å². The molecule has 0 aromatic heterocycles. The zero-order valence-electron chi connectivity index (χ0n) is 11.9. The van der Waals surface area contributed by atoms with Crippen LogP contribution in [0, 0.1) is 0 Å². The number of benzene rings is 1. The second-order valence-corrected chi connectivity index (χ2v) is 6.09. The molecule has 2 atom stereocenters. The molecule has 2 rings (SSSR count). The molecule has 1 aliphatic rings. The molecule has 1 aromatic carbocycles. The number of halogens is 1. The average molecular weight is 343 g/mol. The van der Waals surface area contributed by atoms with Crippen molar-refractivity contribution < 1.29 is 9.47 Å². The summed E-state index contributed by atoms with van der Waals surface area (Å²) in [5.74, 6) is 6.56. The Hall–Kier alpha value is -0.620. The third kappa shape index (κ3) is 4.45. The van der Waals surface area contributed by atoms with Crippen molar-refractivity contribution in [2.75, 3.05) is 13.7 Å². The highest BCUT2D eigenvalue weighted by atomic mass is 79.9. The SMILES string of the molecule is COc1ccc(Br)c(CC(CCC2CCCO2)NN)c1. The molecule has 1 saturated heterocycles. The van der Waals surface area contributed by atoms with E-state index in [-0.39, 0.29) is 6.04 Å². The van der Waals surface area contributed by atoms with Gasteiger partial charge in [0.2, 0.25) is 0 Å². The van der Waals surface area contributed by atoms with E-state index in [4.69, 9.17) is 15.3 Å². The molecule has 1 heterocycles. The van der Waals surface area contributed by atoms with Crippen LogP contribution in [-0.2, 0) is 11.2 Å². The van der Waals surface area contributed by atoms with Gasteiger partial charge in [-0.05, 0) is 55.9 Å². The number of rotatable bonds is 7. The lowest BCUT2D eigenvalue weighted by molar-refractivity contribution is 0.0996. The standard InChI is InChI=1S/C15H23BrN2O2/c1-19-14-6-7-15(16)11(10-14)9-12(18-17)4-5-13-3-2-8-20-13/h6-7,10,12-13,18H,2-5,8-9,17H2,1H3. The number of methoxy groups -OCH3 is 1. The lowest BCUT2D eigenvalue weighted by atomic mass is 9.99. The molecule has 2 unspecified atom stereocenters. The van der Waals surface area contributed by atoms with E-state index in [1.165, 1.54) is 18.4 Å². The molecule has 0 aliphatic carbocycles. The van der Waals surface area contributed by atoms with Crippen LogP contribution in [0.1, 0.15) is 31.2 Å². The van der Waals surface area contributed by atoms with E-state index in [9.17, 15) is 0 Å². The van der Waals surface area contributed by atoms with Crippen LogP contribution in [-0.4, -0.2) is 25.9 Å². The second kappa shape index (κ2) is 7.98. The summed E-state index contributed by atoms with van der Waals surface area (Å²) in [6.07, 6.45) is 5.74. The fraction of sp³-hybridized carbons (Fsp3) is 0.600. The van der Waals surface area contributed by atoms with E-state index in [1.807, 2.05) is 12.1 Å². The first-order valence-electron chi connectivity index (χ1n) is 7.13. The molecule has 3 N–H and O–H groups in total. The van der Waals surface area contributed by atoms with Gasteiger partial charge in [0, 0.05) is 17.1 Å². The minimum absolute atomic E-state index is 0.252. The summed E-state index contributed by atoms with van der Waals surface area (Å²) in [6, 6.07) is 6.27. The minimum atomic E-state index is 0.252. The Morgan fingerprint density at radius 3 is 3.05 bits per heavy atom. The maximum atomic E-state index is 5.69.